The average Bonchev–Trinajstić information content (AvgIpc) is 2.31. The topological polar surface area (TPSA) is 64.1 Å². The molecule has 0 saturated heterocycles. The van der Waals surface area contributed by atoms with E-state index in [4.69, 9.17) is 10.3 Å². The first kappa shape index (κ1) is 8.00. The lowest BCUT2D eigenvalue weighted by Crippen LogP contribution is -2.28. The van der Waals surface area contributed by atoms with E-state index in [2.05, 4.69) is 22.7 Å². The predicted octanol–water partition coefficient (Wildman–Crippen LogP) is 0.316. The van der Waals surface area contributed by atoms with Gasteiger partial charge in [-0.25, -0.2) is 0 Å². The lowest BCUT2D eigenvalue weighted by atomic mass is 10.4. The molecule has 0 saturated carbocycles. The fourth-order valence-electron chi connectivity index (χ4n) is 0.674. The van der Waals surface area contributed by atoms with Gasteiger partial charge in [0.2, 0.25) is 0 Å². The van der Waals surface area contributed by atoms with E-state index in [9.17, 15) is 0 Å². The molecular formula is C6H9N3OS. The summed E-state index contributed by atoms with van der Waals surface area (Å²) in [6.45, 7) is 2.35. The lowest BCUT2D eigenvalue weighted by molar-refractivity contribution is 0.377. The summed E-state index contributed by atoms with van der Waals surface area (Å²) < 4.78 is 4.89. The minimum atomic E-state index is 0.263. The predicted molar refractivity (Wildman–Crippen MR) is 44.9 cm³/mol. The molecule has 0 atom stereocenters. The minimum absolute atomic E-state index is 0.263. The van der Waals surface area contributed by atoms with Crippen molar-refractivity contribution >= 4 is 17.3 Å². The summed E-state index contributed by atoms with van der Waals surface area (Å²) in [5.41, 5.74) is 6.06. The number of nitrogens with zero attached hydrogens (tertiary/aromatic N) is 1. The van der Waals surface area contributed by atoms with E-state index < -0.39 is 0 Å². The number of nitrogens with one attached hydrogen (secondary N) is 1. The van der Waals surface area contributed by atoms with Gasteiger partial charge in [0, 0.05) is 6.07 Å². The number of rotatable bonds is 2. The Balaban J connectivity index is 2.45. The first-order valence-electron chi connectivity index (χ1n) is 3.14. The van der Waals surface area contributed by atoms with Crippen molar-refractivity contribution in [3.63, 3.8) is 0 Å². The first-order chi connectivity index (χ1) is 5.18. The van der Waals surface area contributed by atoms with Gasteiger partial charge in [-0.15, -0.1) is 0 Å². The Kier molecular flexibility index (Phi) is 2.43. The van der Waals surface area contributed by atoms with Crippen molar-refractivity contribution in [2.24, 2.45) is 5.73 Å². The van der Waals surface area contributed by atoms with Gasteiger partial charge in [-0.05, 0) is 19.1 Å². The smallest absolute Gasteiger partial charge is 0.164 e. The van der Waals surface area contributed by atoms with Crippen LogP contribution in [0.5, 0.6) is 0 Å². The Morgan fingerprint density at radius 3 is 3.09 bits per heavy atom. The second kappa shape index (κ2) is 3.34. The molecule has 0 bridgehead atoms. The second-order valence-corrected chi connectivity index (χ2v) is 2.59. The number of nitrogens with two attached hydrogens (primary N) is 1. The Labute approximate surface area is 69.7 Å². The highest BCUT2D eigenvalue weighted by atomic mass is 32.1. The third kappa shape index (κ3) is 2.55. The van der Waals surface area contributed by atoms with Crippen LogP contribution < -0.4 is 11.1 Å². The highest BCUT2D eigenvalue weighted by molar-refractivity contribution is 7.80. The number of thiocarbonyl (C=S) groups is 1. The molecule has 1 rings (SSSR count). The van der Waals surface area contributed by atoms with E-state index in [1.165, 1.54) is 0 Å². The maximum absolute atomic E-state index is 5.21. The summed E-state index contributed by atoms with van der Waals surface area (Å²) >= 11 is 4.61. The van der Waals surface area contributed by atoms with Crippen molar-refractivity contribution in [2.75, 3.05) is 0 Å². The van der Waals surface area contributed by atoms with Gasteiger partial charge in [-0.1, -0.05) is 5.16 Å². The zero-order valence-electron chi connectivity index (χ0n) is 6.13. The largest absolute Gasteiger partial charge is 0.376 e. The van der Waals surface area contributed by atoms with Gasteiger partial charge in [0.25, 0.3) is 0 Å². The first-order valence-corrected chi connectivity index (χ1v) is 3.55. The van der Waals surface area contributed by atoms with Gasteiger partial charge in [0.15, 0.2) is 10.9 Å². The maximum atomic E-state index is 5.21. The molecular weight excluding hydrogens is 162 g/mol. The summed E-state index contributed by atoms with van der Waals surface area (Å²) in [5, 5.41) is 6.71. The summed E-state index contributed by atoms with van der Waals surface area (Å²) in [7, 11) is 0. The van der Waals surface area contributed by atoms with Gasteiger partial charge < -0.3 is 15.6 Å². The van der Waals surface area contributed by atoms with E-state index >= 15 is 0 Å². The number of aryl methyl sites for hydroxylation is 1. The van der Waals surface area contributed by atoms with Gasteiger partial charge in [0.1, 0.15) is 0 Å². The minimum Gasteiger partial charge on any atom is -0.376 e. The molecule has 0 aliphatic heterocycles. The zero-order chi connectivity index (χ0) is 8.27. The summed E-state index contributed by atoms with van der Waals surface area (Å²) in [5.74, 6) is 0.732. The molecule has 0 spiro atoms. The van der Waals surface area contributed by atoms with Gasteiger partial charge in [0.05, 0.1) is 12.2 Å². The molecule has 0 radical (unpaired) electrons. The molecule has 1 aromatic rings. The SMILES string of the molecule is Cc1cc(CNC(N)=S)on1. The van der Waals surface area contributed by atoms with Gasteiger partial charge in [-0.3, -0.25) is 0 Å². The molecule has 0 fully saturated rings. The van der Waals surface area contributed by atoms with E-state index in [0.717, 1.165) is 11.5 Å². The van der Waals surface area contributed by atoms with Crippen LogP contribution in [0.4, 0.5) is 0 Å². The Hall–Kier alpha value is -1.10. The molecule has 0 unspecified atom stereocenters. The Morgan fingerprint density at radius 1 is 1.91 bits per heavy atom. The molecule has 3 N–H and O–H groups in total. The zero-order valence-corrected chi connectivity index (χ0v) is 6.94. The normalized spacial score (nSPS) is 9.55. The molecule has 0 amide bonds. The summed E-state index contributed by atoms with van der Waals surface area (Å²) in [6, 6.07) is 1.82. The standard InChI is InChI=1S/C6H9N3OS/c1-4-2-5(10-9-4)3-8-6(7)11/h2H,3H2,1H3,(H3,7,8,11). The quantitative estimate of drug-likeness (QED) is 0.627. The summed E-state index contributed by atoms with van der Waals surface area (Å²) in [4.78, 5) is 0. The number of hydrogen-bond donors (Lipinski definition) is 2. The Bertz CT molecular complexity index is 258. The fourth-order valence-corrected chi connectivity index (χ4v) is 0.746. The lowest BCUT2D eigenvalue weighted by Gasteiger charge is -1.97. The van der Waals surface area contributed by atoms with E-state index in [1.807, 2.05) is 13.0 Å². The molecule has 5 heteroatoms. The van der Waals surface area contributed by atoms with Crippen LogP contribution in [0.15, 0.2) is 10.6 Å². The van der Waals surface area contributed by atoms with Crippen LogP contribution in [0.25, 0.3) is 0 Å². The van der Waals surface area contributed by atoms with E-state index in [1.54, 1.807) is 0 Å². The maximum Gasteiger partial charge on any atom is 0.164 e. The van der Waals surface area contributed by atoms with Crippen LogP contribution in [0.2, 0.25) is 0 Å². The monoisotopic (exact) mass is 171 g/mol. The molecule has 1 aromatic heterocycles. The highest BCUT2D eigenvalue weighted by Crippen LogP contribution is 2.00. The van der Waals surface area contributed by atoms with Crippen LogP contribution in [0.3, 0.4) is 0 Å². The van der Waals surface area contributed by atoms with Crippen molar-refractivity contribution in [3.05, 3.63) is 17.5 Å². The third-order valence-electron chi connectivity index (χ3n) is 1.11. The van der Waals surface area contributed by atoms with Crippen molar-refractivity contribution < 1.29 is 4.52 Å². The highest BCUT2D eigenvalue weighted by Gasteiger charge is 1.98. The van der Waals surface area contributed by atoms with Crippen LogP contribution in [-0.4, -0.2) is 10.3 Å². The van der Waals surface area contributed by atoms with Crippen molar-refractivity contribution in [1.82, 2.24) is 10.5 Å². The van der Waals surface area contributed by atoms with Crippen LogP contribution in [-0.2, 0) is 6.54 Å². The number of hydrogen-bond acceptors (Lipinski definition) is 3. The van der Waals surface area contributed by atoms with Crippen LogP contribution >= 0.6 is 12.2 Å². The second-order valence-electron chi connectivity index (χ2n) is 2.15. The molecule has 4 nitrogen and oxygen atoms in total. The van der Waals surface area contributed by atoms with Crippen LogP contribution in [0.1, 0.15) is 11.5 Å². The molecule has 0 aliphatic carbocycles. The molecule has 11 heavy (non-hydrogen) atoms. The molecule has 1 heterocycles. The molecule has 60 valence electrons. The Morgan fingerprint density at radius 2 is 2.64 bits per heavy atom. The van der Waals surface area contributed by atoms with Crippen molar-refractivity contribution in [2.45, 2.75) is 13.5 Å². The van der Waals surface area contributed by atoms with Crippen molar-refractivity contribution in [3.8, 4) is 0 Å². The molecule has 0 aromatic carbocycles. The van der Waals surface area contributed by atoms with Gasteiger partial charge in [-0.2, -0.15) is 0 Å². The number of aromatic nitrogens is 1. The average molecular weight is 171 g/mol. The third-order valence-corrected chi connectivity index (χ3v) is 1.26. The van der Waals surface area contributed by atoms with Gasteiger partial charge >= 0.3 is 0 Å². The summed E-state index contributed by atoms with van der Waals surface area (Å²) in [6.07, 6.45) is 0. The van der Waals surface area contributed by atoms with Crippen molar-refractivity contribution in [1.29, 1.82) is 0 Å². The van der Waals surface area contributed by atoms with Crippen LogP contribution in [0, 0.1) is 6.92 Å². The fraction of sp³-hybridized carbons (Fsp3) is 0.333. The van der Waals surface area contributed by atoms with E-state index in [-0.39, 0.29) is 5.11 Å². The van der Waals surface area contributed by atoms with E-state index in [0.29, 0.717) is 6.54 Å². The molecule has 0 aliphatic rings.